The summed E-state index contributed by atoms with van der Waals surface area (Å²) in [6.07, 6.45) is 3.89. The summed E-state index contributed by atoms with van der Waals surface area (Å²) in [5.41, 5.74) is 0. The maximum Gasteiger partial charge on any atom is 0.244 e. The summed E-state index contributed by atoms with van der Waals surface area (Å²) in [5, 5.41) is 6.26. The highest BCUT2D eigenvalue weighted by Crippen LogP contribution is 2.18. The van der Waals surface area contributed by atoms with Crippen LogP contribution in [0.5, 0.6) is 0 Å². The van der Waals surface area contributed by atoms with Gasteiger partial charge in [-0.3, -0.25) is 10.1 Å². The lowest BCUT2D eigenvalue weighted by Crippen LogP contribution is -2.24. The van der Waals surface area contributed by atoms with Crippen LogP contribution in [0, 0.1) is 0 Å². The third-order valence-electron chi connectivity index (χ3n) is 1.92. The fourth-order valence-corrected chi connectivity index (χ4v) is 2.53. The fraction of sp³-hybridized carbons (Fsp3) is 0.125. The molecular weight excluding hydrogens is 266 g/mol. The molecule has 0 saturated heterocycles. The van der Waals surface area contributed by atoms with E-state index in [0.29, 0.717) is 5.82 Å². The molecule has 0 atom stereocenters. The summed E-state index contributed by atoms with van der Waals surface area (Å²) in [6.45, 7) is 0.00750. The van der Waals surface area contributed by atoms with Crippen LogP contribution in [0.3, 0.4) is 0 Å². The zero-order valence-electron chi connectivity index (χ0n) is 8.46. The van der Waals surface area contributed by atoms with E-state index in [-0.39, 0.29) is 16.5 Å². The number of rotatable bonds is 4. The molecule has 2 N–H and O–H groups in total. The maximum atomic E-state index is 11.9. The molecule has 17 heavy (non-hydrogen) atoms. The highest BCUT2D eigenvalue weighted by Gasteiger charge is 2.17. The third-order valence-corrected chi connectivity index (χ3v) is 3.79. The van der Waals surface area contributed by atoms with E-state index in [2.05, 4.69) is 24.9 Å². The lowest BCUT2D eigenvalue weighted by Gasteiger charge is -2.05. The van der Waals surface area contributed by atoms with Gasteiger partial charge in [-0.2, -0.15) is 5.10 Å². The van der Waals surface area contributed by atoms with Crippen molar-refractivity contribution < 1.29 is 8.42 Å². The normalized spacial score (nSPS) is 11.6. The van der Waals surface area contributed by atoms with Gasteiger partial charge in [0.25, 0.3) is 0 Å². The van der Waals surface area contributed by atoms with Crippen molar-refractivity contribution in [3.8, 4) is 0 Å². The van der Waals surface area contributed by atoms with Crippen LogP contribution in [-0.4, -0.2) is 28.6 Å². The highest BCUT2D eigenvalue weighted by molar-refractivity contribution is 7.89. The zero-order valence-corrected chi connectivity index (χ0v) is 10.0. The molecule has 0 spiro atoms. The molecule has 0 amide bonds. The largest absolute Gasteiger partial charge is 0.263 e. The molecular formula is C8H8ClN5O2S. The lowest BCUT2D eigenvalue weighted by atomic mass is 10.5. The molecule has 90 valence electrons. The van der Waals surface area contributed by atoms with Gasteiger partial charge in [-0.25, -0.2) is 18.1 Å². The summed E-state index contributed by atoms with van der Waals surface area (Å²) < 4.78 is 26.0. The molecule has 0 aromatic carbocycles. The molecule has 0 aliphatic rings. The van der Waals surface area contributed by atoms with Crippen molar-refractivity contribution in [1.29, 1.82) is 0 Å². The van der Waals surface area contributed by atoms with Crippen molar-refractivity contribution in [2.45, 2.75) is 11.4 Å². The van der Waals surface area contributed by atoms with Gasteiger partial charge in [-0.05, 0) is 6.07 Å². The topological polar surface area (TPSA) is 101 Å². The zero-order chi connectivity index (χ0) is 12.3. The van der Waals surface area contributed by atoms with Gasteiger partial charge < -0.3 is 0 Å². The van der Waals surface area contributed by atoms with Crippen LogP contribution in [0.15, 0.2) is 29.7 Å². The second-order valence-electron chi connectivity index (χ2n) is 3.06. The number of pyridine rings is 1. The number of hydrogen-bond donors (Lipinski definition) is 2. The van der Waals surface area contributed by atoms with Crippen LogP contribution >= 0.6 is 11.6 Å². The van der Waals surface area contributed by atoms with Crippen molar-refractivity contribution >= 4 is 21.6 Å². The van der Waals surface area contributed by atoms with Crippen LogP contribution in [0.4, 0.5) is 0 Å². The van der Waals surface area contributed by atoms with Crippen LogP contribution in [0.1, 0.15) is 5.82 Å². The van der Waals surface area contributed by atoms with Crippen molar-refractivity contribution in [2.75, 3.05) is 0 Å². The summed E-state index contributed by atoms with van der Waals surface area (Å²) >= 11 is 5.77. The number of hydrogen-bond acceptors (Lipinski definition) is 5. The molecule has 2 aromatic rings. The van der Waals surface area contributed by atoms with Gasteiger partial charge in [0.2, 0.25) is 10.0 Å². The lowest BCUT2D eigenvalue weighted by molar-refractivity contribution is 0.579. The number of halogens is 1. The van der Waals surface area contributed by atoms with E-state index in [0.717, 1.165) is 0 Å². The van der Waals surface area contributed by atoms with Crippen molar-refractivity contribution in [2.24, 2.45) is 0 Å². The summed E-state index contributed by atoms with van der Waals surface area (Å²) in [7, 11) is -3.70. The smallest absolute Gasteiger partial charge is 0.244 e. The fourth-order valence-electron chi connectivity index (χ4n) is 1.12. The van der Waals surface area contributed by atoms with Gasteiger partial charge in [0.05, 0.1) is 11.6 Å². The Labute approximate surface area is 102 Å². The first-order valence-corrected chi connectivity index (χ1v) is 6.39. The van der Waals surface area contributed by atoms with E-state index >= 15 is 0 Å². The van der Waals surface area contributed by atoms with Gasteiger partial charge in [0.1, 0.15) is 17.0 Å². The van der Waals surface area contributed by atoms with Crippen LogP contribution < -0.4 is 4.72 Å². The number of sulfonamides is 1. The quantitative estimate of drug-likeness (QED) is 0.836. The first kappa shape index (κ1) is 12.0. The van der Waals surface area contributed by atoms with Crippen LogP contribution in [0.25, 0.3) is 0 Å². The van der Waals surface area contributed by atoms with Crippen LogP contribution in [-0.2, 0) is 16.6 Å². The van der Waals surface area contributed by atoms with Gasteiger partial charge in [0, 0.05) is 12.4 Å². The number of nitrogens with zero attached hydrogens (tertiary/aromatic N) is 3. The monoisotopic (exact) mass is 273 g/mol. The molecule has 0 aliphatic heterocycles. The maximum absolute atomic E-state index is 11.9. The molecule has 0 unspecified atom stereocenters. The van der Waals surface area contributed by atoms with E-state index in [4.69, 9.17) is 11.6 Å². The predicted molar refractivity (Wildman–Crippen MR) is 59.7 cm³/mol. The third kappa shape index (κ3) is 2.78. The highest BCUT2D eigenvalue weighted by atomic mass is 35.5. The van der Waals surface area contributed by atoms with E-state index in [1.165, 1.54) is 24.8 Å². The molecule has 0 aliphatic carbocycles. The number of H-pyrrole nitrogens is 1. The molecule has 0 saturated carbocycles. The van der Waals surface area contributed by atoms with Gasteiger partial charge in [0.15, 0.2) is 0 Å². The molecule has 2 aromatic heterocycles. The summed E-state index contributed by atoms with van der Waals surface area (Å²) in [6, 6.07) is 1.41. The number of nitrogens with one attached hydrogen (secondary N) is 2. The Balaban J connectivity index is 2.17. The molecule has 0 radical (unpaired) electrons. The Morgan fingerprint density at radius 3 is 2.94 bits per heavy atom. The Hall–Kier alpha value is -1.51. The van der Waals surface area contributed by atoms with Gasteiger partial charge in [-0.1, -0.05) is 11.6 Å². The van der Waals surface area contributed by atoms with E-state index in [1.807, 2.05) is 0 Å². The van der Waals surface area contributed by atoms with E-state index < -0.39 is 10.0 Å². The average Bonchev–Trinajstić information content (AvgIpc) is 2.80. The predicted octanol–water partition coefficient (Wildman–Crippen LogP) is 0.332. The average molecular weight is 274 g/mol. The molecule has 2 heterocycles. The minimum atomic E-state index is -3.70. The SMILES string of the molecule is O=S(=O)(NCc1ncn[nH]1)c1cnccc1Cl. The van der Waals surface area contributed by atoms with Crippen molar-refractivity contribution in [1.82, 2.24) is 24.9 Å². The van der Waals surface area contributed by atoms with E-state index in [1.54, 1.807) is 0 Å². The molecule has 7 nitrogen and oxygen atoms in total. The van der Waals surface area contributed by atoms with Crippen molar-refractivity contribution in [3.05, 3.63) is 35.6 Å². The van der Waals surface area contributed by atoms with Gasteiger partial charge >= 0.3 is 0 Å². The number of aromatic amines is 1. The summed E-state index contributed by atoms with van der Waals surface area (Å²) in [4.78, 5) is 7.44. The Kier molecular flexibility index (Phi) is 3.36. The Bertz CT molecular complexity index is 598. The Morgan fingerprint density at radius 1 is 1.47 bits per heavy atom. The second-order valence-corrected chi connectivity index (χ2v) is 5.21. The van der Waals surface area contributed by atoms with Gasteiger partial charge in [-0.15, -0.1) is 0 Å². The Morgan fingerprint density at radius 2 is 2.29 bits per heavy atom. The standard InChI is InChI=1S/C8H8ClN5O2S/c9-6-1-2-10-3-7(6)17(15,16)13-4-8-11-5-12-14-8/h1-3,5,13H,4H2,(H,11,12,14). The molecule has 9 heteroatoms. The van der Waals surface area contributed by atoms with Crippen molar-refractivity contribution in [3.63, 3.8) is 0 Å². The minimum Gasteiger partial charge on any atom is -0.263 e. The minimum absolute atomic E-state index is 0.00750. The van der Waals surface area contributed by atoms with Crippen LogP contribution in [0.2, 0.25) is 5.02 Å². The van der Waals surface area contributed by atoms with E-state index in [9.17, 15) is 8.42 Å². The summed E-state index contributed by atoms with van der Waals surface area (Å²) in [5.74, 6) is 0.411. The molecule has 0 bridgehead atoms. The second kappa shape index (κ2) is 4.78. The molecule has 2 rings (SSSR count). The number of aromatic nitrogens is 4. The first-order valence-electron chi connectivity index (χ1n) is 4.53. The first-order chi connectivity index (χ1) is 8.09. The molecule has 0 fully saturated rings.